The minimum absolute atomic E-state index is 0.162. The van der Waals surface area contributed by atoms with Crippen molar-refractivity contribution in [1.29, 1.82) is 0 Å². The van der Waals surface area contributed by atoms with Crippen LogP contribution in [0.5, 0.6) is 5.75 Å². The Kier molecular flexibility index (Phi) is 6.49. The van der Waals surface area contributed by atoms with Gasteiger partial charge in [0.15, 0.2) is 0 Å². The minimum Gasteiger partial charge on any atom is -0.508 e. The van der Waals surface area contributed by atoms with E-state index in [0.717, 1.165) is 33.0 Å². The van der Waals surface area contributed by atoms with Gasteiger partial charge in [0.25, 0.3) is 0 Å². The average Bonchev–Trinajstić information content (AvgIpc) is 3.49. The van der Waals surface area contributed by atoms with Gasteiger partial charge in [-0.3, -0.25) is 0 Å². The van der Waals surface area contributed by atoms with Gasteiger partial charge in [-0.2, -0.15) is 0 Å². The van der Waals surface area contributed by atoms with Crippen molar-refractivity contribution in [2.45, 2.75) is 25.0 Å². The van der Waals surface area contributed by atoms with Crippen LogP contribution in [0.1, 0.15) is 41.8 Å². The number of hydrogen-bond donors (Lipinski definition) is 2. The summed E-state index contributed by atoms with van der Waals surface area (Å²) in [6.07, 6.45) is 3.84. The van der Waals surface area contributed by atoms with E-state index in [-0.39, 0.29) is 11.7 Å². The van der Waals surface area contributed by atoms with Crippen LogP contribution in [0.15, 0.2) is 140 Å². The molecule has 0 saturated carbocycles. The first-order valence-corrected chi connectivity index (χ1v) is 13.6. The summed E-state index contributed by atoms with van der Waals surface area (Å²) < 4.78 is 2.13. The number of hydrogen-bond acceptors (Lipinski definition) is 3. The summed E-state index contributed by atoms with van der Waals surface area (Å²) in [7, 11) is 0. The monoisotopic (exact) mass is 524 g/mol. The van der Waals surface area contributed by atoms with Crippen LogP contribution in [-0.4, -0.2) is 19.8 Å². The van der Waals surface area contributed by atoms with Crippen LogP contribution in [-0.2, 0) is 11.1 Å². The van der Waals surface area contributed by atoms with Crippen LogP contribution in [0.3, 0.4) is 0 Å². The molecule has 4 heteroatoms. The van der Waals surface area contributed by atoms with Crippen molar-refractivity contribution in [3.05, 3.63) is 168 Å². The van der Waals surface area contributed by atoms with Gasteiger partial charge in [-0.1, -0.05) is 123 Å². The maximum atomic E-state index is 12.4. The second-order valence-corrected chi connectivity index (χ2v) is 10.6. The van der Waals surface area contributed by atoms with Crippen LogP contribution in [0.4, 0.5) is 0 Å². The zero-order valence-electron chi connectivity index (χ0n) is 22.6. The summed E-state index contributed by atoms with van der Waals surface area (Å²) in [6, 6.07) is 42.5. The number of aliphatic hydroxyl groups is 1. The lowest BCUT2D eigenvalue weighted by Gasteiger charge is -2.37. The zero-order valence-corrected chi connectivity index (χ0v) is 22.6. The fraction of sp³-hybridized carbons (Fsp3) is 0.139. The van der Waals surface area contributed by atoms with Gasteiger partial charge in [0, 0.05) is 6.20 Å². The van der Waals surface area contributed by atoms with E-state index in [2.05, 4.69) is 77.4 Å². The van der Waals surface area contributed by atoms with E-state index in [9.17, 15) is 10.2 Å². The molecule has 0 aliphatic heterocycles. The van der Waals surface area contributed by atoms with Gasteiger partial charge < -0.3 is 14.8 Å². The number of nitrogens with zero attached hydrogens (tertiary/aromatic N) is 2. The molecular formula is C36H32N2O2. The Morgan fingerprint density at radius 1 is 0.625 bits per heavy atom. The van der Waals surface area contributed by atoms with Crippen LogP contribution < -0.4 is 0 Å². The van der Waals surface area contributed by atoms with Gasteiger partial charge >= 0.3 is 0 Å². The molecular weight excluding hydrogens is 492 g/mol. The molecule has 0 saturated heterocycles. The molecule has 1 heterocycles. The molecule has 6 rings (SSSR count). The SMILES string of the molecule is CC(C)C(O)(c1ccc2cc(O)ccc2c1)c1cn(C(c2ccccc2)(c2ccccc2)c2ccccc2)cn1. The zero-order chi connectivity index (χ0) is 27.7. The summed E-state index contributed by atoms with van der Waals surface area (Å²) >= 11 is 0. The topological polar surface area (TPSA) is 58.3 Å². The largest absolute Gasteiger partial charge is 0.508 e. The Bertz CT molecular complexity index is 1650. The molecule has 1 aromatic heterocycles. The Balaban J connectivity index is 1.59. The van der Waals surface area contributed by atoms with Gasteiger partial charge in [0.2, 0.25) is 0 Å². The van der Waals surface area contributed by atoms with Crippen molar-refractivity contribution in [2.75, 3.05) is 0 Å². The lowest BCUT2D eigenvalue weighted by atomic mass is 9.76. The molecule has 0 aliphatic rings. The second-order valence-electron chi connectivity index (χ2n) is 10.6. The maximum Gasteiger partial charge on any atom is 0.135 e. The number of rotatable bonds is 7. The van der Waals surface area contributed by atoms with E-state index < -0.39 is 11.1 Å². The molecule has 6 aromatic rings. The highest BCUT2D eigenvalue weighted by Gasteiger charge is 2.42. The van der Waals surface area contributed by atoms with Gasteiger partial charge in [-0.05, 0) is 57.1 Å². The maximum absolute atomic E-state index is 12.4. The molecule has 0 amide bonds. The van der Waals surface area contributed by atoms with Crippen molar-refractivity contribution in [3.63, 3.8) is 0 Å². The Morgan fingerprint density at radius 3 is 1.65 bits per heavy atom. The van der Waals surface area contributed by atoms with Crippen LogP contribution >= 0.6 is 0 Å². The predicted octanol–water partition coefficient (Wildman–Crippen LogP) is 7.47. The summed E-state index contributed by atoms with van der Waals surface area (Å²) in [5.41, 5.74) is 2.56. The third kappa shape index (κ3) is 4.09. The summed E-state index contributed by atoms with van der Waals surface area (Å²) in [6.45, 7) is 4.03. The smallest absolute Gasteiger partial charge is 0.135 e. The molecule has 0 radical (unpaired) electrons. The Morgan fingerprint density at radius 2 is 1.12 bits per heavy atom. The number of benzene rings is 5. The molecule has 198 valence electrons. The van der Waals surface area contributed by atoms with Gasteiger partial charge in [0.05, 0.1) is 12.0 Å². The molecule has 2 N–H and O–H groups in total. The number of aromatic hydroxyl groups is 1. The summed E-state index contributed by atoms with van der Waals surface area (Å²) in [5, 5.41) is 24.2. The van der Waals surface area contributed by atoms with Gasteiger partial charge in [0.1, 0.15) is 16.9 Å². The number of phenolic OH excluding ortho intramolecular Hbond substituents is 1. The van der Waals surface area contributed by atoms with E-state index in [0.29, 0.717) is 5.69 Å². The predicted molar refractivity (Wildman–Crippen MR) is 160 cm³/mol. The van der Waals surface area contributed by atoms with Crippen molar-refractivity contribution in [1.82, 2.24) is 9.55 Å². The molecule has 0 fully saturated rings. The Labute approximate surface area is 234 Å². The van der Waals surface area contributed by atoms with Crippen molar-refractivity contribution in [3.8, 4) is 5.75 Å². The summed E-state index contributed by atoms with van der Waals surface area (Å²) in [4.78, 5) is 4.90. The third-order valence-corrected chi connectivity index (χ3v) is 8.03. The number of phenols is 1. The lowest BCUT2D eigenvalue weighted by molar-refractivity contribution is 0.0279. The molecule has 1 atom stereocenters. The molecule has 4 nitrogen and oxygen atoms in total. The number of aromatic nitrogens is 2. The first-order valence-electron chi connectivity index (χ1n) is 13.6. The molecule has 0 aliphatic carbocycles. The number of imidazole rings is 1. The van der Waals surface area contributed by atoms with E-state index in [1.807, 2.05) is 68.8 Å². The van der Waals surface area contributed by atoms with E-state index in [1.54, 1.807) is 12.1 Å². The summed E-state index contributed by atoms with van der Waals surface area (Å²) in [5.74, 6) is 0.0576. The Hall–Kier alpha value is -4.67. The highest BCUT2D eigenvalue weighted by molar-refractivity contribution is 5.84. The minimum atomic E-state index is -1.34. The van der Waals surface area contributed by atoms with Crippen LogP contribution in [0, 0.1) is 5.92 Å². The van der Waals surface area contributed by atoms with Crippen molar-refractivity contribution in [2.24, 2.45) is 5.92 Å². The fourth-order valence-electron chi connectivity index (χ4n) is 5.94. The van der Waals surface area contributed by atoms with E-state index in [4.69, 9.17) is 4.98 Å². The normalized spacial score (nSPS) is 13.4. The third-order valence-electron chi connectivity index (χ3n) is 8.03. The van der Waals surface area contributed by atoms with Crippen LogP contribution in [0.2, 0.25) is 0 Å². The van der Waals surface area contributed by atoms with E-state index in [1.165, 1.54) is 0 Å². The average molecular weight is 525 g/mol. The van der Waals surface area contributed by atoms with Crippen LogP contribution in [0.25, 0.3) is 10.8 Å². The quantitative estimate of drug-likeness (QED) is 0.213. The van der Waals surface area contributed by atoms with Crippen molar-refractivity contribution < 1.29 is 10.2 Å². The van der Waals surface area contributed by atoms with Crippen molar-refractivity contribution >= 4 is 10.8 Å². The molecule has 40 heavy (non-hydrogen) atoms. The van der Waals surface area contributed by atoms with E-state index >= 15 is 0 Å². The lowest BCUT2D eigenvalue weighted by Crippen LogP contribution is -2.37. The van der Waals surface area contributed by atoms with Gasteiger partial charge in [-0.15, -0.1) is 0 Å². The highest BCUT2D eigenvalue weighted by Crippen LogP contribution is 2.43. The molecule has 0 spiro atoms. The fourth-order valence-corrected chi connectivity index (χ4v) is 5.94. The standard InChI is InChI=1S/C36H32N2O2/c1-26(2)36(40,32-20-18-28-23-33(39)21-19-27(28)22-32)34-24-38(25-37-34)35(29-12-6-3-7-13-29,30-14-8-4-9-15-30)31-16-10-5-11-17-31/h3-26,39-40H,1-2H3. The first kappa shape index (κ1) is 25.6. The molecule has 5 aromatic carbocycles. The second kappa shape index (κ2) is 10.1. The van der Waals surface area contributed by atoms with Gasteiger partial charge in [-0.25, -0.2) is 4.98 Å². The highest BCUT2D eigenvalue weighted by atomic mass is 16.3. The molecule has 1 unspecified atom stereocenters. The molecule has 0 bridgehead atoms. The number of fused-ring (bicyclic) bond motifs is 1. The first-order chi connectivity index (χ1) is 19.4.